The van der Waals surface area contributed by atoms with Crippen LogP contribution in [0.2, 0.25) is 10.0 Å². The van der Waals surface area contributed by atoms with Crippen molar-refractivity contribution in [2.45, 2.75) is 13.0 Å². The second-order valence-electron chi connectivity index (χ2n) is 4.76. The molecule has 0 aliphatic heterocycles. The fourth-order valence-electron chi connectivity index (χ4n) is 1.75. The maximum Gasteiger partial charge on any atom is 0.340 e. The van der Waals surface area contributed by atoms with Gasteiger partial charge in [-0.25, -0.2) is 13.6 Å². The van der Waals surface area contributed by atoms with Gasteiger partial charge in [0.25, 0.3) is 5.91 Å². The zero-order chi connectivity index (χ0) is 17.9. The predicted molar refractivity (Wildman–Crippen MR) is 86.3 cm³/mol. The van der Waals surface area contributed by atoms with E-state index >= 15 is 0 Å². The molecule has 0 heterocycles. The van der Waals surface area contributed by atoms with Crippen LogP contribution in [0.5, 0.6) is 0 Å². The molecule has 0 saturated heterocycles. The van der Waals surface area contributed by atoms with Gasteiger partial charge in [-0.1, -0.05) is 35.3 Å². The largest absolute Gasteiger partial charge is 0.449 e. The third-order valence-corrected chi connectivity index (χ3v) is 3.62. The van der Waals surface area contributed by atoms with Gasteiger partial charge in [0, 0.05) is 0 Å². The lowest BCUT2D eigenvalue weighted by Crippen LogP contribution is -2.30. The highest BCUT2D eigenvalue weighted by Crippen LogP contribution is 2.25. The van der Waals surface area contributed by atoms with E-state index in [1.54, 1.807) is 0 Å². The molecule has 0 fully saturated rings. The molecule has 0 bridgehead atoms. The number of hydrogen-bond acceptors (Lipinski definition) is 3. The first-order valence-electron chi connectivity index (χ1n) is 6.70. The quantitative estimate of drug-likeness (QED) is 0.635. The number of halogens is 4. The monoisotopic (exact) mass is 373 g/mol. The van der Waals surface area contributed by atoms with Gasteiger partial charge in [-0.05, 0) is 31.2 Å². The summed E-state index contributed by atoms with van der Waals surface area (Å²) in [5, 5.41) is 1.92. The summed E-state index contributed by atoms with van der Waals surface area (Å²) in [5.74, 6) is -3.24. The van der Waals surface area contributed by atoms with Crippen LogP contribution in [0, 0.1) is 11.6 Å². The number of esters is 1. The second kappa shape index (κ2) is 7.59. The number of amides is 1. The van der Waals surface area contributed by atoms with Gasteiger partial charge in [0.2, 0.25) is 0 Å². The number of para-hydroxylation sites is 1. The molecule has 0 radical (unpaired) electrons. The van der Waals surface area contributed by atoms with Crippen LogP contribution in [0.1, 0.15) is 17.3 Å². The van der Waals surface area contributed by atoms with E-state index < -0.39 is 29.6 Å². The topological polar surface area (TPSA) is 55.4 Å². The van der Waals surface area contributed by atoms with Gasteiger partial charge in [-0.15, -0.1) is 0 Å². The highest BCUT2D eigenvalue weighted by Gasteiger charge is 2.22. The smallest absolute Gasteiger partial charge is 0.340 e. The van der Waals surface area contributed by atoms with Gasteiger partial charge in [-0.2, -0.15) is 0 Å². The molecular formula is C16H11Cl2F2NO3. The predicted octanol–water partition coefficient (Wildman–Crippen LogP) is 4.46. The van der Waals surface area contributed by atoms with Crippen LogP contribution in [0.15, 0.2) is 36.4 Å². The third-order valence-electron chi connectivity index (χ3n) is 3.01. The van der Waals surface area contributed by atoms with Crippen molar-refractivity contribution < 1.29 is 23.1 Å². The molecule has 0 aliphatic rings. The van der Waals surface area contributed by atoms with E-state index in [2.05, 4.69) is 5.32 Å². The number of hydrogen-bond donors (Lipinski definition) is 1. The minimum Gasteiger partial charge on any atom is -0.449 e. The molecule has 0 aliphatic carbocycles. The van der Waals surface area contributed by atoms with Crippen molar-refractivity contribution in [3.63, 3.8) is 0 Å². The standard InChI is InChI=1S/C16H11Cl2F2NO3/c1-8(15(22)21-14-5-3-2-4-12(14)19)24-16(23)9-6-13(20)11(18)7-10(9)17/h2-8H,1H3,(H,21,22)/t8-/m1/s1. The number of ether oxygens (including phenoxy) is 1. The van der Waals surface area contributed by atoms with Crippen molar-refractivity contribution in [2.75, 3.05) is 5.32 Å². The Morgan fingerprint density at radius 1 is 1.08 bits per heavy atom. The van der Waals surface area contributed by atoms with Gasteiger partial charge < -0.3 is 10.1 Å². The van der Waals surface area contributed by atoms with Crippen LogP contribution in [0.3, 0.4) is 0 Å². The number of carbonyl (C=O) groups is 2. The summed E-state index contributed by atoms with van der Waals surface area (Å²) in [7, 11) is 0. The fraction of sp³-hybridized carbons (Fsp3) is 0.125. The lowest BCUT2D eigenvalue weighted by atomic mass is 10.2. The molecule has 4 nitrogen and oxygen atoms in total. The summed E-state index contributed by atoms with van der Waals surface area (Å²) in [4.78, 5) is 23.9. The molecule has 0 unspecified atom stereocenters. The molecule has 2 rings (SSSR count). The van der Waals surface area contributed by atoms with Crippen LogP contribution in [0.4, 0.5) is 14.5 Å². The maximum atomic E-state index is 13.5. The number of carbonyl (C=O) groups excluding carboxylic acids is 2. The minimum absolute atomic E-state index is 0.0547. The Morgan fingerprint density at radius 2 is 1.75 bits per heavy atom. The highest BCUT2D eigenvalue weighted by atomic mass is 35.5. The molecule has 8 heteroatoms. The lowest BCUT2D eigenvalue weighted by molar-refractivity contribution is -0.123. The van der Waals surface area contributed by atoms with Gasteiger partial charge in [0.05, 0.1) is 21.3 Å². The molecule has 1 N–H and O–H groups in total. The van der Waals surface area contributed by atoms with Crippen LogP contribution in [-0.4, -0.2) is 18.0 Å². The first-order chi connectivity index (χ1) is 11.3. The van der Waals surface area contributed by atoms with E-state index in [1.165, 1.54) is 31.2 Å². The Kier molecular flexibility index (Phi) is 5.75. The Bertz CT molecular complexity index is 799. The first-order valence-corrected chi connectivity index (χ1v) is 7.46. The normalized spacial score (nSPS) is 11.7. The van der Waals surface area contributed by atoms with Crippen molar-refractivity contribution in [1.82, 2.24) is 0 Å². The lowest BCUT2D eigenvalue weighted by Gasteiger charge is -2.14. The summed E-state index contributed by atoms with van der Waals surface area (Å²) in [6, 6.07) is 7.39. The van der Waals surface area contributed by atoms with Crippen LogP contribution >= 0.6 is 23.2 Å². The van der Waals surface area contributed by atoms with Crippen LogP contribution in [-0.2, 0) is 9.53 Å². The highest BCUT2D eigenvalue weighted by molar-refractivity contribution is 6.36. The molecule has 2 aromatic carbocycles. The molecule has 1 atom stereocenters. The maximum absolute atomic E-state index is 13.5. The van der Waals surface area contributed by atoms with Crippen molar-refractivity contribution in [3.8, 4) is 0 Å². The summed E-state index contributed by atoms with van der Waals surface area (Å²) < 4.78 is 31.8. The Morgan fingerprint density at radius 3 is 2.42 bits per heavy atom. The molecular weight excluding hydrogens is 363 g/mol. The van der Waals surface area contributed by atoms with Gasteiger partial charge in [0.15, 0.2) is 6.10 Å². The minimum atomic E-state index is -1.26. The molecule has 24 heavy (non-hydrogen) atoms. The number of rotatable bonds is 4. The van der Waals surface area contributed by atoms with Gasteiger partial charge in [0.1, 0.15) is 11.6 Å². The van der Waals surface area contributed by atoms with E-state index in [9.17, 15) is 18.4 Å². The van der Waals surface area contributed by atoms with Crippen molar-refractivity contribution in [3.05, 3.63) is 63.6 Å². The van der Waals surface area contributed by atoms with E-state index in [0.29, 0.717) is 0 Å². The molecule has 0 aromatic heterocycles. The summed E-state index contributed by atoms with van der Waals surface area (Å²) in [5.41, 5.74) is -0.329. The van der Waals surface area contributed by atoms with Gasteiger partial charge >= 0.3 is 5.97 Å². The molecule has 0 saturated carbocycles. The molecule has 0 spiro atoms. The molecule has 2 aromatic rings. The Balaban J connectivity index is 2.07. The van der Waals surface area contributed by atoms with E-state index in [4.69, 9.17) is 27.9 Å². The van der Waals surface area contributed by atoms with E-state index in [-0.39, 0.29) is 21.3 Å². The van der Waals surface area contributed by atoms with Gasteiger partial charge in [-0.3, -0.25) is 4.79 Å². The molecule has 126 valence electrons. The zero-order valence-corrected chi connectivity index (χ0v) is 13.8. The van der Waals surface area contributed by atoms with Crippen molar-refractivity contribution in [1.29, 1.82) is 0 Å². The van der Waals surface area contributed by atoms with Crippen molar-refractivity contribution in [2.24, 2.45) is 0 Å². The van der Waals surface area contributed by atoms with Crippen LogP contribution in [0.25, 0.3) is 0 Å². The molecule has 1 amide bonds. The van der Waals surface area contributed by atoms with E-state index in [1.807, 2.05) is 0 Å². The second-order valence-corrected chi connectivity index (χ2v) is 5.58. The number of nitrogens with one attached hydrogen (secondary N) is 1. The first kappa shape index (κ1) is 18.2. The SMILES string of the molecule is C[C@@H](OC(=O)c1cc(F)c(Cl)cc1Cl)C(=O)Nc1ccccc1F. The summed E-state index contributed by atoms with van der Waals surface area (Å²) in [6.07, 6.45) is -1.26. The Hall–Kier alpha value is -2.18. The fourth-order valence-corrected chi connectivity index (χ4v) is 2.21. The van der Waals surface area contributed by atoms with E-state index in [0.717, 1.165) is 12.1 Å². The average molecular weight is 374 g/mol. The number of benzene rings is 2. The summed E-state index contributed by atoms with van der Waals surface area (Å²) >= 11 is 11.3. The summed E-state index contributed by atoms with van der Waals surface area (Å²) in [6.45, 7) is 1.29. The van der Waals surface area contributed by atoms with Crippen LogP contribution < -0.4 is 5.32 Å². The Labute approximate surface area is 146 Å². The van der Waals surface area contributed by atoms with Crippen molar-refractivity contribution >= 4 is 40.8 Å². The third kappa shape index (κ3) is 4.21. The average Bonchev–Trinajstić information content (AvgIpc) is 2.52. The number of anilines is 1. The zero-order valence-electron chi connectivity index (χ0n) is 12.3.